The lowest BCUT2D eigenvalue weighted by Gasteiger charge is -2.28. The van der Waals surface area contributed by atoms with Gasteiger partial charge in [-0.25, -0.2) is 9.97 Å². The summed E-state index contributed by atoms with van der Waals surface area (Å²) < 4.78 is 44.1. The number of aromatic nitrogens is 3. The maximum atomic E-state index is 12.9. The van der Waals surface area contributed by atoms with Crippen molar-refractivity contribution in [3.8, 4) is 0 Å². The highest BCUT2D eigenvalue weighted by atomic mass is 35.5. The zero-order chi connectivity index (χ0) is 21.8. The fraction of sp³-hybridized carbons (Fsp3) is 0.250. The van der Waals surface area contributed by atoms with Crippen LogP contribution in [0.4, 0.5) is 42.1 Å². The number of ether oxygens (including phenoxy) is 1. The van der Waals surface area contributed by atoms with Crippen molar-refractivity contribution in [3.63, 3.8) is 0 Å². The lowest BCUT2D eigenvalue weighted by Crippen LogP contribution is -2.36. The number of rotatable bonds is 5. The fourth-order valence-corrected chi connectivity index (χ4v) is 3.15. The lowest BCUT2D eigenvalue weighted by molar-refractivity contribution is -0.137. The normalized spacial score (nSPS) is 14.4. The molecule has 2 aromatic heterocycles. The molecule has 0 aliphatic carbocycles. The molecule has 1 aliphatic heterocycles. The number of hydrogen-bond acceptors (Lipinski definition) is 7. The molecule has 0 bridgehead atoms. The number of hydrogen-bond donors (Lipinski definition) is 2. The summed E-state index contributed by atoms with van der Waals surface area (Å²) in [6.45, 7) is 2.97. The minimum absolute atomic E-state index is 0.165. The largest absolute Gasteiger partial charge is 0.416 e. The van der Waals surface area contributed by atoms with Crippen LogP contribution in [0.5, 0.6) is 0 Å². The van der Waals surface area contributed by atoms with Gasteiger partial charge in [-0.1, -0.05) is 17.7 Å². The summed E-state index contributed by atoms with van der Waals surface area (Å²) >= 11 is 6.12. The van der Waals surface area contributed by atoms with E-state index in [1.165, 1.54) is 18.3 Å². The summed E-state index contributed by atoms with van der Waals surface area (Å²) in [5.74, 6) is 0.887. The molecular formula is C20H18ClF3N6O. The van der Waals surface area contributed by atoms with Crippen LogP contribution in [0.1, 0.15) is 5.56 Å². The molecule has 1 aliphatic rings. The van der Waals surface area contributed by atoms with E-state index in [1.807, 2.05) is 6.07 Å². The first-order valence-corrected chi connectivity index (χ1v) is 9.79. The number of nitrogens with zero attached hydrogens (tertiary/aromatic N) is 4. The van der Waals surface area contributed by atoms with E-state index in [0.717, 1.165) is 30.9 Å². The molecule has 1 saturated heterocycles. The average Bonchev–Trinajstić information content (AvgIpc) is 2.77. The van der Waals surface area contributed by atoms with Crippen molar-refractivity contribution < 1.29 is 17.9 Å². The molecule has 7 nitrogen and oxygen atoms in total. The summed E-state index contributed by atoms with van der Waals surface area (Å²) in [5, 5.41) is 5.93. The zero-order valence-corrected chi connectivity index (χ0v) is 16.9. The maximum absolute atomic E-state index is 12.9. The van der Waals surface area contributed by atoms with Gasteiger partial charge in [-0.2, -0.15) is 18.2 Å². The topological polar surface area (TPSA) is 75.2 Å². The van der Waals surface area contributed by atoms with Crippen molar-refractivity contribution in [2.24, 2.45) is 0 Å². The van der Waals surface area contributed by atoms with Crippen LogP contribution < -0.4 is 15.5 Å². The molecule has 0 radical (unpaired) electrons. The number of benzene rings is 1. The number of halogens is 4. The van der Waals surface area contributed by atoms with Gasteiger partial charge in [0.15, 0.2) is 5.82 Å². The maximum Gasteiger partial charge on any atom is 0.416 e. The quantitative estimate of drug-likeness (QED) is 0.574. The van der Waals surface area contributed by atoms with Crippen molar-refractivity contribution >= 4 is 40.6 Å². The molecule has 3 aromatic rings. The first-order chi connectivity index (χ1) is 14.9. The third-order valence-electron chi connectivity index (χ3n) is 4.56. The third-order valence-corrected chi connectivity index (χ3v) is 4.84. The van der Waals surface area contributed by atoms with Gasteiger partial charge in [0, 0.05) is 18.8 Å². The van der Waals surface area contributed by atoms with Gasteiger partial charge in [0.2, 0.25) is 5.95 Å². The van der Waals surface area contributed by atoms with Crippen LogP contribution in [-0.4, -0.2) is 41.3 Å². The first kappa shape index (κ1) is 21.1. The molecule has 0 atom stereocenters. The van der Waals surface area contributed by atoms with Crippen molar-refractivity contribution in [1.29, 1.82) is 0 Å². The Morgan fingerprint density at radius 3 is 2.52 bits per heavy atom. The van der Waals surface area contributed by atoms with Crippen molar-refractivity contribution in [3.05, 3.63) is 59.4 Å². The summed E-state index contributed by atoms with van der Waals surface area (Å²) in [4.78, 5) is 14.9. The van der Waals surface area contributed by atoms with Crippen LogP contribution in [0.2, 0.25) is 5.02 Å². The highest BCUT2D eigenvalue weighted by molar-refractivity contribution is 6.32. The van der Waals surface area contributed by atoms with E-state index in [2.05, 4.69) is 30.5 Å². The first-order valence-electron chi connectivity index (χ1n) is 9.41. The van der Waals surface area contributed by atoms with Gasteiger partial charge < -0.3 is 20.3 Å². The van der Waals surface area contributed by atoms with Crippen LogP contribution in [0, 0.1) is 0 Å². The van der Waals surface area contributed by atoms with Crippen LogP contribution in [0.15, 0.2) is 48.8 Å². The molecule has 11 heteroatoms. The van der Waals surface area contributed by atoms with E-state index in [0.29, 0.717) is 19.0 Å². The van der Waals surface area contributed by atoms with Crippen LogP contribution >= 0.6 is 11.6 Å². The predicted molar refractivity (Wildman–Crippen MR) is 112 cm³/mol. The number of pyridine rings is 1. The lowest BCUT2D eigenvalue weighted by atomic mass is 10.2. The summed E-state index contributed by atoms with van der Waals surface area (Å²) in [7, 11) is 0. The van der Waals surface area contributed by atoms with Gasteiger partial charge in [0.05, 0.1) is 36.9 Å². The number of anilines is 5. The minimum Gasteiger partial charge on any atom is -0.378 e. The van der Waals surface area contributed by atoms with Crippen LogP contribution in [0.25, 0.3) is 0 Å². The molecular weight excluding hydrogens is 433 g/mol. The van der Waals surface area contributed by atoms with Gasteiger partial charge in [-0.05, 0) is 30.3 Å². The Kier molecular flexibility index (Phi) is 6.10. The molecule has 1 aromatic carbocycles. The molecule has 4 rings (SSSR count). The monoisotopic (exact) mass is 450 g/mol. The van der Waals surface area contributed by atoms with E-state index in [1.54, 1.807) is 12.3 Å². The van der Waals surface area contributed by atoms with Crippen LogP contribution in [0.3, 0.4) is 0 Å². The van der Waals surface area contributed by atoms with Crippen LogP contribution in [-0.2, 0) is 10.9 Å². The summed E-state index contributed by atoms with van der Waals surface area (Å²) in [6, 6.07) is 8.50. The number of alkyl halides is 3. The third kappa shape index (κ3) is 5.33. The molecule has 162 valence electrons. The molecule has 0 spiro atoms. The summed E-state index contributed by atoms with van der Waals surface area (Å²) in [6.07, 6.45) is -1.35. The second-order valence-electron chi connectivity index (χ2n) is 6.72. The highest BCUT2D eigenvalue weighted by Crippen LogP contribution is 2.32. The second kappa shape index (κ2) is 8.94. The van der Waals surface area contributed by atoms with Crippen molar-refractivity contribution in [2.45, 2.75) is 6.18 Å². The Balaban J connectivity index is 1.48. The Hall–Kier alpha value is -3.11. The minimum atomic E-state index is -4.45. The molecule has 0 saturated carbocycles. The van der Waals surface area contributed by atoms with Gasteiger partial charge in [0.25, 0.3) is 0 Å². The van der Waals surface area contributed by atoms with Gasteiger partial charge in [0.1, 0.15) is 10.8 Å². The second-order valence-corrected chi connectivity index (χ2v) is 7.13. The van der Waals surface area contributed by atoms with Gasteiger partial charge >= 0.3 is 6.18 Å². The summed E-state index contributed by atoms with van der Waals surface area (Å²) in [5.41, 5.74) is 0.415. The molecule has 31 heavy (non-hydrogen) atoms. The van der Waals surface area contributed by atoms with E-state index in [-0.39, 0.29) is 22.5 Å². The molecule has 3 heterocycles. The molecule has 1 fully saturated rings. The Labute approximate surface area is 181 Å². The average molecular weight is 451 g/mol. The Morgan fingerprint density at radius 1 is 1.00 bits per heavy atom. The van der Waals surface area contributed by atoms with Gasteiger partial charge in [-0.3, -0.25) is 0 Å². The number of nitrogens with one attached hydrogen (secondary N) is 2. The van der Waals surface area contributed by atoms with Crippen molar-refractivity contribution in [2.75, 3.05) is 41.8 Å². The SMILES string of the molecule is FC(F)(F)c1cccc(Nc2nc(Nc3ccc(N4CCOCC4)cn3)ncc2Cl)c1. The Bertz CT molecular complexity index is 1040. The van der Waals surface area contributed by atoms with E-state index >= 15 is 0 Å². The standard InChI is InChI=1S/C20H18ClF3N6O/c21-16-12-26-19(28-17-5-4-15(11-25-17)30-6-8-31-9-7-30)29-18(16)27-14-3-1-2-13(10-14)20(22,23)24/h1-5,10-12H,6-9H2,(H2,25,26,27,28,29). The Morgan fingerprint density at radius 2 is 1.81 bits per heavy atom. The number of morpholine rings is 1. The molecule has 0 amide bonds. The van der Waals surface area contributed by atoms with E-state index < -0.39 is 11.7 Å². The molecule has 2 N–H and O–H groups in total. The highest BCUT2D eigenvalue weighted by Gasteiger charge is 2.30. The van der Waals surface area contributed by atoms with Gasteiger partial charge in [-0.15, -0.1) is 0 Å². The smallest absolute Gasteiger partial charge is 0.378 e. The van der Waals surface area contributed by atoms with E-state index in [4.69, 9.17) is 16.3 Å². The fourth-order valence-electron chi connectivity index (χ4n) is 3.01. The van der Waals surface area contributed by atoms with E-state index in [9.17, 15) is 13.2 Å². The van der Waals surface area contributed by atoms with Crippen molar-refractivity contribution in [1.82, 2.24) is 15.0 Å². The predicted octanol–water partition coefficient (Wildman–Crippen LogP) is 4.87. The molecule has 0 unspecified atom stereocenters. The zero-order valence-electron chi connectivity index (χ0n) is 16.2.